The smallest absolute Gasteiger partial charge is 0.115 e. The maximum Gasteiger partial charge on any atom is 0.115 e. The molecular weight excluding hydrogens is 168 g/mol. The first-order valence-corrected chi connectivity index (χ1v) is 3.96. The van der Waals surface area contributed by atoms with Gasteiger partial charge >= 0.3 is 0 Å². The van der Waals surface area contributed by atoms with E-state index in [0.29, 0.717) is 16.9 Å². The molecule has 0 spiro atoms. The number of nitrogens with one attached hydrogen (secondary N) is 1. The van der Waals surface area contributed by atoms with E-state index in [0.717, 1.165) is 11.1 Å². The van der Waals surface area contributed by atoms with Gasteiger partial charge in [-0.2, -0.15) is 0 Å². The minimum Gasteiger partial charge on any atom is -0.291 e. The number of anilines is 1. The van der Waals surface area contributed by atoms with Gasteiger partial charge in [0, 0.05) is 5.56 Å². The van der Waals surface area contributed by atoms with Crippen LogP contribution in [0.25, 0.3) is 0 Å². The van der Waals surface area contributed by atoms with Crippen molar-refractivity contribution in [2.75, 3.05) is 5.48 Å². The molecule has 13 heavy (non-hydrogen) atoms. The zero-order valence-corrected chi connectivity index (χ0v) is 7.88. The molecular formula is C9H12N2O2. The van der Waals surface area contributed by atoms with E-state index in [-0.39, 0.29) is 0 Å². The van der Waals surface area contributed by atoms with Crippen LogP contribution in [-0.4, -0.2) is 5.21 Å². The van der Waals surface area contributed by atoms with Gasteiger partial charge in [0.2, 0.25) is 0 Å². The van der Waals surface area contributed by atoms with Crippen LogP contribution in [0, 0.1) is 25.7 Å². The Bertz CT molecular complexity index is 348. The third-order valence-electron chi connectivity index (χ3n) is 2.13. The molecule has 0 atom stereocenters. The van der Waals surface area contributed by atoms with Crippen LogP contribution in [0.4, 0.5) is 11.4 Å². The number of rotatable bonds is 2. The van der Waals surface area contributed by atoms with Gasteiger partial charge in [-0.1, -0.05) is 6.07 Å². The predicted octanol–water partition coefficient (Wildman–Crippen LogP) is 2.81. The van der Waals surface area contributed by atoms with Crippen molar-refractivity contribution in [1.29, 1.82) is 0 Å². The molecule has 1 aromatic rings. The van der Waals surface area contributed by atoms with Crippen molar-refractivity contribution < 1.29 is 5.21 Å². The summed E-state index contributed by atoms with van der Waals surface area (Å²) in [6, 6.07) is 1.81. The largest absolute Gasteiger partial charge is 0.291 e. The van der Waals surface area contributed by atoms with Gasteiger partial charge < -0.3 is 0 Å². The number of nitroso groups, excluding NO2 is 1. The Morgan fingerprint density at radius 1 is 1.31 bits per heavy atom. The van der Waals surface area contributed by atoms with E-state index in [9.17, 15) is 4.91 Å². The van der Waals surface area contributed by atoms with Crippen molar-refractivity contribution in [3.05, 3.63) is 27.7 Å². The number of hydrogen-bond acceptors (Lipinski definition) is 4. The van der Waals surface area contributed by atoms with Crippen molar-refractivity contribution in [2.24, 2.45) is 5.18 Å². The van der Waals surface area contributed by atoms with Crippen molar-refractivity contribution in [3.8, 4) is 0 Å². The van der Waals surface area contributed by atoms with Gasteiger partial charge in [-0.25, -0.2) is 0 Å². The summed E-state index contributed by atoms with van der Waals surface area (Å²) in [5.74, 6) is 0. The molecule has 0 saturated heterocycles. The van der Waals surface area contributed by atoms with E-state index >= 15 is 0 Å². The molecule has 0 bridgehead atoms. The van der Waals surface area contributed by atoms with Crippen LogP contribution in [-0.2, 0) is 0 Å². The Morgan fingerprint density at radius 3 is 2.38 bits per heavy atom. The van der Waals surface area contributed by atoms with Gasteiger partial charge in [0.25, 0.3) is 0 Å². The standard InChI is InChI=1S/C9H12N2O2/c1-5-4-6(2)9(11-13)7(3)8(5)10-12/h4,10,12H,1-3H3. The van der Waals surface area contributed by atoms with Gasteiger partial charge in [0.05, 0.1) is 5.69 Å². The van der Waals surface area contributed by atoms with Crippen LogP contribution in [0.3, 0.4) is 0 Å². The average Bonchev–Trinajstić information content (AvgIpc) is 2.04. The molecule has 0 aliphatic carbocycles. The van der Waals surface area contributed by atoms with Crippen LogP contribution in [0.15, 0.2) is 11.2 Å². The molecule has 0 aromatic heterocycles. The summed E-state index contributed by atoms with van der Waals surface area (Å²) < 4.78 is 0. The first kappa shape index (κ1) is 9.67. The predicted molar refractivity (Wildman–Crippen MR) is 51.5 cm³/mol. The van der Waals surface area contributed by atoms with E-state index in [1.54, 1.807) is 6.92 Å². The molecule has 0 aliphatic heterocycles. The molecule has 0 saturated carbocycles. The summed E-state index contributed by atoms with van der Waals surface area (Å²) >= 11 is 0. The van der Waals surface area contributed by atoms with Gasteiger partial charge in [0.1, 0.15) is 5.69 Å². The Kier molecular flexibility index (Phi) is 2.63. The molecule has 0 fully saturated rings. The van der Waals surface area contributed by atoms with Crippen LogP contribution in [0.5, 0.6) is 0 Å². The molecule has 4 nitrogen and oxygen atoms in total. The summed E-state index contributed by atoms with van der Waals surface area (Å²) in [4.78, 5) is 10.5. The Hall–Kier alpha value is -1.42. The highest BCUT2D eigenvalue weighted by atomic mass is 16.5. The third-order valence-corrected chi connectivity index (χ3v) is 2.13. The first-order chi connectivity index (χ1) is 6.11. The Labute approximate surface area is 76.5 Å². The zero-order valence-electron chi connectivity index (χ0n) is 7.88. The average molecular weight is 180 g/mol. The molecule has 0 amide bonds. The molecule has 1 rings (SSSR count). The van der Waals surface area contributed by atoms with E-state index in [2.05, 4.69) is 10.7 Å². The lowest BCUT2D eigenvalue weighted by Gasteiger charge is -2.11. The van der Waals surface area contributed by atoms with E-state index < -0.39 is 0 Å². The quantitative estimate of drug-likeness (QED) is 0.543. The summed E-state index contributed by atoms with van der Waals surface area (Å²) in [6.45, 7) is 5.42. The van der Waals surface area contributed by atoms with E-state index in [1.807, 2.05) is 19.9 Å². The van der Waals surface area contributed by atoms with E-state index in [1.165, 1.54) is 0 Å². The van der Waals surface area contributed by atoms with Gasteiger partial charge in [-0.15, -0.1) is 4.91 Å². The Balaban J connectivity index is 3.47. The normalized spacial score (nSPS) is 9.85. The minimum absolute atomic E-state index is 0.391. The second-order valence-electron chi connectivity index (χ2n) is 3.06. The summed E-state index contributed by atoms with van der Waals surface area (Å²) in [5, 5.41) is 11.7. The van der Waals surface area contributed by atoms with Gasteiger partial charge in [0.15, 0.2) is 0 Å². The molecule has 0 aliphatic rings. The van der Waals surface area contributed by atoms with Crippen molar-refractivity contribution in [3.63, 3.8) is 0 Å². The summed E-state index contributed by atoms with van der Waals surface area (Å²) in [6.07, 6.45) is 0. The van der Waals surface area contributed by atoms with Crippen LogP contribution >= 0.6 is 0 Å². The lowest BCUT2D eigenvalue weighted by molar-refractivity contribution is 0.388. The highest BCUT2D eigenvalue weighted by Gasteiger charge is 2.10. The summed E-state index contributed by atoms with van der Waals surface area (Å²) in [5.41, 5.74) is 5.41. The molecule has 70 valence electrons. The van der Waals surface area contributed by atoms with E-state index in [4.69, 9.17) is 5.21 Å². The number of benzene rings is 1. The SMILES string of the molecule is Cc1cc(C)c(NO)c(C)c1N=O. The lowest BCUT2D eigenvalue weighted by Crippen LogP contribution is -1.97. The molecule has 0 radical (unpaired) electrons. The van der Waals surface area contributed by atoms with Crippen LogP contribution in [0.2, 0.25) is 0 Å². The van der Waals surface area contributed by atoms with Crippen molar-refractivity contribution in [2.45, 2.75) is 20.8 Å². The monoisotopic (exact) mass is 180 g/mol. The van der Waals surface area contributed by atoms with Crippen molar-refractivity contribution in [1.82, 2.24) is 0 Å². The highest BCUT2D eigenvalue weighted by molar-refractivity contribution is 5.68. The number of hydrogen-bond donors (Lipinski definition) is 2. The second kappa shape index (κ2) is 3.53. The summed E-state index contributed by atoms with van der Waals surface area (Å²) in [7, 11) is 0. The van der Waals surface area contributed by atoms with Crippen LogP contribution < -0.4 is 5.48 Å². The lowest BCUT2D eigenvalue weighted by atomic mass is 10.0. The molecule has 2 N–H and O–H groups in total. The number of aryl methyl sites for hydroxylation is 2. The first-order valence-electron chi connectivity index (χ1n) is 3.96. The Morgan fingerprint density at radius 2 is 1.92 bits per heavy atom. The second-order valence-corrected chi connectivity index (χ2v) is 3.06. The maximum absolute atomic E-state index is 10.5. The fourth-order valence-electron chi connectivity index (χ4n) is 1.49. The third kappa shape index (κ3) is 1.53. The minimum atomic E-state index is 0.391. The van der Waals surface area contributed by atoms with Crippen molar-refractivity contribution >= 4 is 11.4 Å². The topological polar surface area (TPSA) is 61.7 Å². The van der Waals surface area contributed by atoms with Gasteiger partial charge in [-0.3, -0.25) is 10.7 Å². The number of nitrogens with zero attached hydrogens (tertiary/aromatic N) is 1. The molecule has 4 heteroatoms. The maximum atomic E-state index is 10.5. The fourth-order valence-corrected chi connectivity index (χ4v) is 1.49. The van der Waals surface area contributed by atoms with Crippen LogP contribution in [0.1, 0.15) is 16.7 Å². The zero-order chi connectivity index (χ0) is 10.0. The van der Waals surface area contributed by atoms with Gasteiger partial charge in [-0.05, 0) is 37.1 Å². The molecule has 0 unspecified atom stereocenters. The molecule has 1 aromatic carbocycles. The molecule has 0 heterocycles. The fraction of sp³-hybridized carbons (Fsp3) is 0.333. The highest BCUT2D eigenvalue weighted by Crippen LogP contribution is 2.32.